The molecular weight excluding hydrogens is 232 g/mol. The van der Waals surface area contributed by atoms with Gasteiger partial charge in [0.15, 0.2) is 0 Å². The van der Waals surface area contributed by atoms with E-state index in [4.69, 9.17) is 5.73 Å². The predicted molar refractivity (Wildman–Crippen MR) is 83.0 cm³/mol. The SMILES string of the molecule is CCc1ccc(N(C)c2ccc(C)cc2CN)cc1. The van der Waals surface area contributed by atoms with Gasteiger partial charge in [-0.3, -0.25) is 0 Å². The van der Waals surface area contributed by atoms with Crippen LogP contribution in [0.5, 0.6) is 0 Å². The topological polar surface area (TPSA) is 29.3 Å². The average molecular weight is 254 g/mol. The molecule has 0 aliphatic rings. The first-order valence-electron chi connectivity index (χ1n) is 6.78. The van der Waals surface area contributed by atoms with Crippen LogP contribution in [0.2, 0.25) is 0 Å². The van der Waals surface area contributed by atoms with E-state index in [1.807, 2.05) is 0 Å². The molecule has 2 heteroatoms. The van der Waals surface area contributed by atoms with Gasteiger partial charge in [0.2, 0.25) is 0 Å². The van der Waals surface area contributed by atoms with Gasteiger partial charge in [-0.2, -0.15) is 0 Å². The third-order valence-electron chi connectivity index (χ3n) is 3.55. The monoisotopic (exact) mass is 254 g/mol. The van der Waals surface area contributed by atoms with Crippen molar-refractivity contribution in [1.29, 1.82) is 0 Å². The second kappa shape index (κ2) is 5.89. The number of benzene rings is 2. The van der Waals surface area contributed by atoms with E-state index in [0.29, 0.717) is 6.54 Å². The van der Waals surface area contributed by atoms with Crippen LogP contribution in [0.1, 0.15) is 23.6 Å². The number of nitrogens with two attached hydrogens (primary N) is 1. The summed E-state index contributed by atoms with van der Waals surface area (Å²) in [6.45, 7) is 4.83. The molecule has 0 amide bonds. The number of aryl methyl sites for hydroxylation is 2. The van der Waals surface area contributed by atoms with Gasteiger partial charge in [-0.1, -0.05) is 36.8 Å². The second-order valence-electron chi connectivity index (χ2n) is 4.92. The van der Waals surface area contributed by atoms with Crippen LogP contribution in [0.3, 0.4) is 0 Å². The Kier molecular flexibility index (Phi) is 4.23. The molecule has 0 unspecified atom stereocenters. The maximum absolute atomic E-state index is 5.85. The highest BCUT2D eigenvalue weighted by atomic mass is 15.1. The minimum atomic E-state index is 0.564. The molecule has 0 heterocycles. The minimum absolute atomic E-state index is 0.564. The van der Waals surface area contributed by atoms with Gasteiger partial charge in [-0.15, -0.1) is 0 Å². The van der Waals surface area contributed by atoms with Gasteiger partial charge in [0.25, 0.3) is 0 Å². The molecule has 0 spiro atoms. The van der Waals surface area contributed by atoms with E-state index >= 15 is 0 Å². The minimum Gasteiger partial charge on any atom is -0.344 e. The standard InChI is InChI=1S/C17H22N2/c1-4-14-6-8-16(9-7-14)19(3)17-10-5-13(2)11-15(17)12-18/h5-11H,4,12,18H2,1-3H3. The molecule has 0 bridgehead atoms. The summed E-state index contributed by atoms with van der Waals surface area (Å²) in [5.74, 6) is 0. The van der Waals surface area contributed by atoms with Crippen molar-refractivity contribution >= 4 is 11.4 Å². The summed E-state index contributed by atoms with van der Waals surface area (Å²) < 4.78 is 0. The third-order valence-corrected chi connectivity index (χ3v) is 3.55. The average Bonchev–Trinajstić information content (AvgIpc) is 2.46. The number of anilines is 2. The number of hydrogen-bond donors (Lipinski definition) is 1. The Morgan fingerprint density at radius 3 is 2.32 bits per heavy atom. The first-order valence-corrected chi connectivity index (χ1v) is 6.78. The van der Waals surface area contributed by atoms with Gasteiger partial charge in [-0.25, -0.2) is 0 Å². The fourth-order valence-electron chi connectivity index (χ4n) is 2.30. The van der Waals surface area contributed by atoms with Crippen LogP contribution in [0.25, 0.3) is 0 Å². The molecule has 2 aromatic carbocycles. The molecule has 0 aromatic heterocycles. The van der Waals surface area contributed by atoms with Crippen LogP contribution >= 0.6 is 0 Å². The van der Waals surface area contributed by atoms with Crippen molar-refractivity contribution in [3.8, 4) is 0 Å². The lowest BCUT2D eigenvalue weighted by Crippen LogP contribution is -2.13. The van der Waals surface area contributed by atoms with Crippen molar-refractivity contribution in [2.75, 3.05) is 11.9 Å². The summed E-state index contributed by atoms with van der Waals surface area (Å²) in [5.41, 5.74) is 12.0. The smallest absolute Gasteiger partial charge is 0.0453 e. The molecular formula is C17H22N2. The van der Waals surface area contributed by atoms with Crippen LogP contribution in [-0.2, 0) is 13.0 Å². The Balaban J connectivity index is 2.34. The highest BCUT2D eigenvalue weighted by Gasteiger charge is 2.08. The fraction of sp³-hybridized carbons (Fsp3) is 0.294. The predicted octanol–water partition coefficient (Wildman–Crippen LogP) is 3.78. The van der Waals surface area contributed by atoms with Crippen molar-refractivity contribution < 1.29 is 0 Å². The highest BCUT2D eigenvalue weighted by Crippen LogP contribution is 2.27. The zero-order valence-electron chi connectivity index (χ0n) is 12.0. The van der Waals surface area contributed by atoms with Gasteiger partial charge >= 0.3 is 0 Å². The third kappa shape index (κ3) is 2.96. The first-order chi connectivity index (χ1) is 9.15. The van der Waals surface area contributed by atoms with E-state index < -0.39 is 0 Å². The molecule has 2 rings (SSSR count). The summed E-state index contributed by atoms with van der Waals surface area (Å²) >= 11 is 0. The largest absolute Gasteiger partial charge is 0.344 e. The Labute approximate surface area is 115 Å². The van der Waals surface area contributed by atoms with Crippen molar-refractivity contribution in [1.82, 2.24) is 0 Å². The summed E-state index contributed by atoms with van der Waals surface area (Å²) in [6, 6.07) is 15.1. The lowest BCUT2D eigenvalue weighted by molar-refractivity contribution is 1.04. The van der Waals surface area contributed by atoms with E-state index in [2.05, 4.69) is 68.3 Å². The maximum Gasteiger partial charge on any atom is 0.0453 e. The molecule has 0 atom stereocenters. The quantitative estimate of drug-likeness (QED) is 0.899. The summed E-state index contributed by atoms with van der Waals surface area (Å²) in [6.07, 6.45) is 1.07. The zero-order valence-corrected chi connectivity index (χ0v) is 12.0. The van der Waals surface area contributed by atoms with Crippen LogP contribution in [0, 0.1) is 6.92 Å². The second-order valence-corrected chi connectivity index (χ2v) is 4.92. The van der Waals surface area contributed by atoms with Crippen molar-refractivity contribution in [3.63, 3.8) is 0 Å². The van der Waals surface area contributed by atoms with E-state index in [-0.39, 0.29) is 0 Å². The van der Waals surface area contributed by atoms with Gasteiger partial charge in [0.1, 0.15) is 0 Å². The molecule has 19 heavy (non-hydrogen) atoms. The molecule has 0 aliphatic carbocycles. The Morgan fingerprint density at radius 1 is 1.05 bits per heavy atom. The van der Waals surface area contributed by atoms with E-state index in [9.17, 15) is 0 Å². The highest BCUT2D eigenvalue weighted by molar-refractivity contribution is 5.66. The van der Waals surface area contributed by atoms with Crippen LogP contribution < -0.4 is 10.6 Å². The molecule has 2 aromatic rings. The van der Waals surface area contributed by atoms with Gasteiger partial charge in [-0.05, 0) is 42.7 Å². The van der Waals surface area contributed by atoms with Crippen molar-refractivity contribution in [2.45, 2.75) is 26.8 Å². The van der Waals surface area contributed by atoms with E-state index in [1.54, 1.807) is 0 Å². The molecule has 0 aliphatic heterocycles. The molecule has 0 fully saturated rings. The maximum atomic E-state index is 5.85. The van der Waals surface area contributed by atoms with E-state index in [0.717, 1.165) is 6.42 Å². The van der Waals surface area contributed by atoms with Crippen molar-refractivity contribution in [2.24, 2.45) is 5.73 Å². The fourth-order valence-corrected chi connectivity index (χ4v) is 2.30. The molecule has 0 radical (unpaired) electrons. The Bertz CT molecular complexity index is 544. The zero-order chi connectivity index (χ0) is 13.8. The van der Waals surface area contributed by atoms with Crippen LogP contribution in [0.15, 0.2) is 42.5 Å². The van der Waals surface area contributed by atoms with Crippen LogP contribution in [0.4, 0.5) is 11.4 Å². The Hall–Kier alpha value is -1.80. The lowest BCUT2D eigenvalue weighted by atomic mass is 10.1. The van der Waals surface area contributed by atoms with Gasteiger partial charge < -0.3 is 10.6 Å². The molecule has 0 saturated carbocycles. The lowest BCUT2D eigenvalue weighted by Gasteiger charge is -2.23. The summed E-state index contributed by atoms with van der Waals surface area (Å²) in [5, 5.41) is 0. The molecule has 2 nitrogen and oxygen atoms in total. The molecule has 2 N–H and O–H groups in total. The Morgan fingerprint density at radius 2 is 1.74 bits per heavy atom. The normalized spacial score (nSPS) is 10.5. The number of hydrogen-bond acceptors (Lipinski definition) is 2. The first kappa shape index (κ1) is 13.6. The van der Waals surface area contributed by atoms with Gasteiger partial charge in [0.05, 0.1) is 0 Å². The molecule has 100 valence electrons. The molecule has 0 saturated heterocycles. The van der Waals surface area contributed by atoms with E-state index in [1.165, 1.54) is 28.1 Å². The summed E-state index contributed by atoms with van der Waals surface area (Å²) in [4.78, 5) is 2.20. The van der Waals surface area contributed by atoms with Gasteiger partial charge in [0, 0.05) is 25.0 Å². The van der Waals surface area contributed by atoms with Crippen LogP contribution in [-0.4, -0.2) is 7.05 Å². The number of rotatable bonds is 4. The number of nitrogens with zero attached hydrogens (tertiary/aromatic N) is 1. The van der Waals surface area contributed by atoms with Crippen molar-refractivity contribution in [3.05, 3.63) is 59.2 Å². The summed E-state index contributed by atoms with van der Waals surface area (Å²) in [7, 11) is 2.09.